The number of hydrazine groups is 1. The van der Waals surface area contributed by atoms with Crippen LogP contribution in [0.15, 0.2) is 36.4 Å². The van der Waals surface area contributed by atoms with Crippen molar-refractivity contribution in [1.29, 1.82) is 0 Å². The molecule has 2 aromatic rings. The second kappa shape index (κ2) is 5.89. The summed E-state index contributed by atoms with van der Waals surface area (Å²) in [7, 11) is 0. The van der Waals surface area contributed by atoms with Crippen LogP contribution in [-0.2, 0) is 0 Å². The molecule has 0 bridgehead atoms. The molecular weight excluding hydrogens is 295 g/mol. The Balaban J connectivity index is 2.01. The number of hydrogen-bond acceptors (Lipinski definition) is 4. The Hall–Kier alpha value is -1.82. The fourth-order valence-corrected chi connectivity index (χ4v) is 2.52. The average molecular weight is 309 g/mol. The molecule has 1 atom stereocenters. The number of nitrogens with one attached hydrogen (secondary N) is 1. The molecule has 0 fully saturated rings. The van der Waals surface area contributed by atoms with E-state index in [2.05, 4.69) is 5.43 Å². The first-order chi connectivity index (χ1) is 10.2. The highest BCUT2D eigenvalue weighted by atomic mass is 35.5. The van der Waals surface area contributed by atoms with E-state index in [1.165, 1.54) is 12.1 Å². The highest BCUT2D eigenvalue weighted by Gasteiger charge is 2.20. The Morgan fingerprint density at radius 2 is 1.86 bits per heavy atom. The molecule has 3 N–H and O–H groups in total. The van der Waals surface area contributed by atoms with Gasteiger partial charge in [-0.15, -0.1) is 0 Å². The summed E-state index contributed by atoms with van der Waals surface area (Å²) >= 11 is 5.94. The van der Waals surface area contributed by atoms with E-state index in [4.69, 9.17) is 26.9 Å². The fourth-order valence-electron chi connectivity index (χ4n) is 2.34. The van der Waals surface area contributed by atoms with Gasteiger partial charge in [0.15, 0.2) is 11.5 Å². The summed E-state index contributed by atoms with van der Waals surface area (Å²) < 4.78 is 25.0. The number of benzene rings is 2. The molecule has 110 valence electrons. The third-order valence-corrected chi connectivity index (χ3v) is 3.57. The average Bonchev–Trinajstić information content (AvgIpc) is 2.51. The number of hydrogen-bond donors (Lipinski definition) is 2. The van der Waals surface area contributed by atoms with Crippen LogP contribution in [0.4, 0.5) is 4.39 Å². The topological polar surface area (TPSA) is 56.5 Å². The van der Waals surface area contributed by atoms with Crippen LogP contribution in [-0.4, -0.2) is 13.2 Å². The molecule has 0 radical (unpaired) electrons. The molecule has 1 aliphatic heterocycles. The molecule has 1 aliphatic rings. The van der Waals surface area contributed by atoms with Crippen LogP contribution >= 0.6 is 11.6 Å². The number of nitrogens with two attached hydrogens (primary N) is 1. The summed E-state index contributed by atoms with van der Waals surface area (Å²) in [6.07, 6.45) is 0. The van der Waals surface area contributed by atoms with Crippen LogP contribution in [0.5, 0.6) is 11.5 Å². The Morgan fingerprint density at radius 1 is 1.10 bits per heavy atom. The SMILES string of the molecule is NNC(c1ccc2c(c1)OCCO2)c1cc(Cl)ccc1F. The number of halogens is 2. The van der Waals surface area contributed by atoms with Crippen LogP contribution in [0.25, 0.3) is 0 Å². The summed E-state index contributed by atoms with van der Waals surface area (Å²) in [5, 5.41) is 0.448. The highest BCUT2D eigenvalue weighted by Crippen LogP contribution is 2.35. The van der Waals surface area contributed by atoms with E-state index in [0.29, 0.717) is 35.3 Å². The molecule has 3 rings (SSSR count). The summed E-state index contributed by atoms with van der Waals surface area (Å²) in [6.45, 7) is 1.01. The normalized spacial score (nSPS) is 14.8. The number of fused-ring (bicyclic) bond motifs is 1. The minimum absolute atomic E-state index is 0.377. The molecule has 1 heterocycles. The summed E-state index contributed by atoms with van der Waals surface area (Å²) in [5.74, 6) is 6.52. The monoisotopic (exact) mass is 308 g/mol. The summed E-state index contributed by atoms with van der Waals surface area (Å²) in [6, 6.07) is 9.24. The maximum absolute atomic E-state index is 14.0. The van der Waals surface area contributed by atoms with E-state index in [-0.39, 0.29) is 5.82 Å². The molecule has 0 aliphatic carbocycles. The van der Waals surface area contributed by atoms with Crippen LogP contribution in [0.3, 0.4) is 0 Å². The smallest absolute Gasteiger partial charge is 0.161 e. The standard InChI is InChI=1S/C15H14ClFN2O2/c16-10-2-3-12(17)11(8-10)15(19-18)9-1-4-13-14(7-9)21-6-5-20-13/h1-4,7-8,15,19H,5-6,18H2. The van der Waals surface area contributed by atoms with Gasteiger partial charge in [0.2, 0.25) is 0 Å². The van der Waals surface area contributed by atoms with Crippen LogP contribution in [0, 0.1) is 5.82 Å². The first-order valence-corrected chi connectivity index (χ1v) is 6.87. The van der Waals surface area contributed by atoms with Crippen molar-refractivity contribution in [1.82, 2.24) is 5.43 Å². The fraction of sp³-hybridized carbons (Fsp3) is 0.200. The van der Waals surface area contributed by atoms with Gasteiger partial charge in [-0.05, 0) is 35.9 Å². The van der Waals surface area contributed by atoms with Gasteiger partial charge in [0.25, 0.3) is 0 Å². The van der Waals surface area contributed by atoms with Crippen molar-refractivity contribution in [2.75, 3.05) is 13.2 Å². The molecule has 0 saturated carbocycles. The van der Waals surface area contributed by atoms with E-state index < -0.39 is 6.04 Å². The van der Waals surface area contributed by atoms with Crippen LogP contribution in [0.2, 0.25) is 5.02 Å². The predicted octanol–water partition coefficient (Wildman–Crippen LogP) is 2.80. The lowest BCUT2D eigenvalue weighted by Crippen LogP contribution is -2.29. The zero-order valence-corrected chi connectivity index (χ0v) is 11.9. The molecule has 0 saturated heterocycles. The Kier molecular flexibility index (Phi) is 3.96. The highest BCUT2D eigenvalue weighted by molar-refractivity contribution is 6.30. The second-order valence-corrected chi connectivity index (χ2v) is 5.11. The van der Waals surface area contributed by atoms with E-state index in [0.717, 1.165) is 5.56 Å². The van der Waals surface area contributed by atoms with Crippen LogP contribution in [0.1, 0.15) is 17.2 Å². The van der Waals surface area contributed by atoms with Crippen molar-refractivity contribution in [2.24, 2.45) is 5.84 Å². The minimum Gasteiger partial charge on any atom is -0.486 e. The Labute approximate surface area is 126 Å². The van der Waals surface area contributed by atoms with Gasteiger partial charge in [0, 0.05) is 10.6 Å². The van der Waals surface area contributed by atoms with Gasteiger partial charge in [-0.1, -0.05) is 17.7 Å². The van der Waals surface area contributed by atoms with E-state index in [1.54, 1.807) is 18.2 Å². The maximum Gasteiger partial charge on any atom is 0.161 e. The second-order valence-electron chi connectivity index (χ2n) is 4.67. The van der Waals surface area contributed by atoms with Gasteiger partial charge >= 0.3 is 0 Å². The zero-order valence-electron chi connectivity index (χ0n) is 11.1. The van der Waals surface area contributed by atoms with E-state index >= 15 is 0 Å². The summed E-state index contributed by atoms with van der Waals surface area (Å²) in [5.41, 5.74) is 3.76. The van der Waals surface area contributed by atoms with Crippen molar-refractivity contribution in [2.45, 2.75) is 6.04 Å². The maximum atomic E-state index is 14.0. The van der Waals surface area contributed by atoms with E-state index in [9.17, 15) is 4.39 Å². The van der Waals surface area contributed by atoms with Gasteiger partial charge in [-0.3, -0.25) is 5.84 Å². The molecule has 2 aromatic carbocycles. The minimum atomic E-state index is -0.528. The number of ether oxygens (including phenoxy) is 2. The first-order valence-electron chi connectivity index (χ1n) is 6.49. The number of rotatable bonds is 3. The molecule has 6 heteroatoms. The van der Waals surface area contributed by atoms with Gasteiger partial charge < -0.3 is 9.47 Å². The van der Waals surface area contributed by atoms with Crippen molar-refractivity contribution in [3.63, 3.8) is 0 Å². The van der Waals surface area contributed by atoms with Crippen molar-refractivity contribution >= 4 is 11.6 Å². The van der Waals surface area contributed by atoms with Crippen molar-refractivity contribution < 1.29 is 13.9 Å². The molecule has 21 heavy (non-hydrogen) atoms. The molecule has 1 unspecified atom stereocenters. The third kappa shape index (κ3) is 2.81. The van der Waals surface area contributed by atoms with Gasteiger partial charge in [0.05, 0.1) is 6.04 Å². The lowest BCUT2D eigenvalue weighted by atomic mass is 9.98. The molecular formula is C15H14ClFN2O2. The lowest BCUT2D eigenvalue weighted by Gasteiger charge is -2.22. The quantitative estimate of drug-likeness (QED) is 0.676. The third-order valence-electron chi connectivity index (χ3n) is 3.34. The van der Waals surface area contributed by atoms with Gasteiger partial charge in [-0.2, -0.15) is 0 Å². The van der Waals surface area contributed by atoms with Gasteiger partial charge in [-0.25, -0.2) is 9.82 Å². The molecule has 4 nitrogen and oxygen atoms in total. The molecule has 0 amide bonds. The summed E-state index contributed by atoms with van der Waals surface area (Å²) in [4.78, 5) is 0. The largest absolute Gasteiger partial charge is 0.486 e. The Bertz CT molecular complexity index is 666. The van der Waals surface area contributed by atoms with Crippen molar-refractivity contribution in [3.05, 3.63) is 58.4 Å². The van der Waals surface area contributed by atoms with Crippen molar-refractivity contribution in [3.8, 4) is 11.5 Å². The lowest BCUT2D eigenvalue weighted by molar-refractivity contribution is 0.171. The van der Waals surface area contributed by atoms with Crippen LogP contribution < -0.4 is 20.7 Å². The Morgan fingerprint density at radius 3 is 2.62 bits per heavy atom. The van der Waals surface area contributed by atoms with E-state index in [1.807, 2.05) is 6.07 Å². The zero-order chi connectivity index (χ0) is 14.8. The first kappa shape index (κ1) is 14.1. The predicted molar refractivity (Wildman–Crippen MR) is 78.0 cm³/mol. The molecule has 0 spiro atoms. The molecule has 0 aromatic heterocycles. The van der Waals surface area contributed by atoms with Gasteiger partial charge in [0.1, 0.15) is 19.0 Å².